The number of amides is 2. The zero-order valence-corrected chi connectivity index (χ0v) is 27.0. The summed E-state index contributed by atoms with van der Waals surface area (Å²) >= 11 is 1.60. The van der Waals surface area contributed by atoms with Gasteiger partial charge >= 0.3 is 5.97 Å². The number of aromatic carboxylic acids is 1. The molecule has 0 aliphatic carbocycles. The predicted octanol–water partition coefficient (Wildman–Crippen LogP) is 6.17. The lowest BCUT2D eigenvalue weighted by Crippen LogP contribution is -2.31. The lowest BCUT2D eigenvalue weighted by atomic mass is 9.99. The minimum atomic E-state index is -0.958. The standard InChI is InChI=1S/C37H38N2O8S/c40-22-24-7-9-27(10-8-24)33-20-31(23-48-32-17-15-28(16-18-32)36(43)44)46-37(47-33)29-13-11-26(12-14-29)30-4-1-3-25(19-30)21-38-34(41)5-2-6-35(42)39-45/h1,3-4,7-19,31,33,37,40,45H,2,5-6,20-23H2,(H,38,41)(H,39,42)(H,43,44)/t31-,33+,37+/m1/s1. The number of ether oxygens (including phenoxy) is 2. The molecule has 0 unspecified atom stereocenters. The number of carboxylic acid groups (broad SMARTS) is 1. The van der Waals surface area contributed by atoms with E-state index in [2.05, 4.69) is 5.32 Å². The molecule has 11 heteroatoms. The van der Waals surface area contributed by atoms with E-state index in [1.165, 1.54) is 0 Å². The second kappa shape index (κ2) is 17.0. The number of hydrogen-bond acceptors (Lipinski definition) is 8. The number of aliphatic hydroxyl groups excluding tert-OH is 1. The molecule has 4 aromatic rings. The van der Waals surface area contributed by atoms with Crippen molar-refractivity contribution in [2.75, 3.05) is 5.75 Å². The monoisotopic (exact) mass is 670 g/mol. The molecule has 0 bridgehead atoms. The van der Waals surface area contributed by atoms with Crippen molar-refractivity contribution in [1.29, 1.82) is 0 Å². The summed E-state index contributed by atoms with van der Waals surface area (Å²) in [6.07, 6.45) is 0.263. The number of aliphatic hydroxyl groups is 1. The van der Waals surface area contributed by atoms with Gasteiger partial charge in [0.25, 0.3) is 0 Å². The molecule has 0 spiro atoms. The van der Waals surface area contributed by atoms with Crippen molar-refractivity contribution in [3.8, 4) is 11.1 Å². The molecule has 5 rings (SSSR count). The Morgan fingerprint density at radius 1 is 0.792 bits per heavy atom. The Hall–Kier alpha value is -4.52. The molecule has 5 N–H and O–H groups in total. The lowest BCUT2D eigenvalue weighted by Gasteiger charge is -2.36. The molecule has 1 heterocycles. The molecule has 0 radical (unpaired) electrons. The summed E-state index contributed by atoms with van der Waals surface area (Å²) in [4.78, 5) is 35.5. The van der Waals surface area contributed by atoms with Crippen LogP contribution in [-0.4, -0.2) is 45.1 Å². The number of carbonyl (C=O) groups excluding carboxylic acids is 2. The summed E-state index contributed by atoms with van der Waals surface area (Å²) in [6.45, 7) is 0.319. The number of rotatable bonds is 14. The van der Waals surface area contributed by atoms with Crippen molar-refractivity contribution in [3.05, 3.63) is 125 Å². The maximum atomic E-state index is 12.2. The lowest BCUT2D eigenvalue weighted by molar-refractivity contribution is -0.245. The van der Waals surface area contributed by atoms with Gasteiger partial charge in [0.15, 0.2) is 6.29 Å². The molecule has 2 amide bonds. The van der Waals surface area contributed by atoms with Gasteiger partial charge in [-0.25, -0.2) is 10.3 Å². The molecule has 10 nitrogen and oxygen atoms in total. The number of hydroxylamine groups is 1. The van der Waals surface area contributed by atoms with Crippen LogP contribution < -0.4 is 10.8 Å². The maximum absolute atomic E-state index is 12.2. The molecule has 0 saturated carbocycles. The van der Waals surface area contributed by atoms with Crippen LogP contribution in [0.15, 0.2) is 102 Å². The largest absolute Gasteiger partial charge is 0.478 e. The van der Waals surface area contributed by atoms with Crippen molar-refractivity contribution < 1.29 is 39.3 Å². The fraction of sp³-hybridized carbons (Fsp3) is 0.270. The van der Waals surface area contributed by atoms with E-state index in [4.69, 9.17) is 14.7 Å². The first kappa shape index (κ1) is 34.8. The van der Waals surface area contributed by atoms with Gasteiger partial charge in [-0.05, 0) is 64.6 Å². The van der Waals surface area contributed by atoms with Crippen molar-refractivity contribution in [2.45, 2.75) is 62.2 Å². The van der Waals surface area contributed by atoms with E-state index in [0.717, 1.165) is 38.3 Å². The van der Waals surface area contributed by atoms with Crippen molar-refractivity contribution in [1.82, 2.24) is 10.8 Å². The molecule has 1 saturated heterocycles. The van der Waals surface area contributed by atoms with Crippen LogP contribution in [0, 0.1) is 0 Å². The molecule has 4 aromatic carbocycles. The summed E-state index contributed by atoms with van der Waals surface area (Å²) in [5, 5.41) is 30.2. The third-order valence-corrected chi connectivity index (χ3v) is 9.16. The molecular weight excluding hydrogens is 632 g/mol. The molecule has 1 aliphatic heterocycles. The fourth-order valence-corrected chi connectivity index (χ4v) is 6.28. The minimum absolute atomic E-state index is 0.0330. The Kier molecular flexibility index (Phi) is 12.4. The highest BCUT2D eigenvalue weighted by atomic mass is 32.2. The van der Waals surface area contributed by atoms with E-state index >= 15 is 0 Å². The molecule has 48 heavy (non-hydrogen) atoms. The normalized spacial score (nSPS) is 17.4. The quantitative estimate of drug-likeness (QED) is 0.0602. The second-order valence-corrected chi connectivity index (χ2v) is 12.6. The number of nitrogens with one attached hydrogen (secondary N) is 2. The molecule has 3 atom stereocenters. The second-order valence-electron chi connectivity index (χ2n) is 11.5. The van der Waals surface area contributed by atoms with Gasteiger partial charge in [0.05, 0.1) is 24.4 Å². The number of benzene rings is 4. The first-order valence-corrected chi connectivity index (χ1v) is 16.7. The average molecular weight is 671 g/mol. The molecular formula is C37H38N2O8S. The maximum Gasteiger partial charge on any atom is 0.335 e. The first-order valence-electron chi connectivity index (χ1n) is 15.7. The van der Waals surface area contributed by atoms with E-state index in [0.29, 0.717) is 25.1 Å². The third-order valence-electron chi connectivity index (χ3n) is 8.02. The van der Waals surface area contributed by atoms with Gasteiger partial charge in [0.2, 0.25) is 11.8 Å². The summed E-state index contributed by atoms with van der Waals surface area (Å²) in [5.41, 5.74) is 7.42. The van der Waals surface area contributed by atoms with Gasteiger partial charge in [-0.2, -0.15) is 0 Å². The van der Waals surface area contributed by atoms with E-state index in [1.54, 1.807) is 41.5 Å². The van der Waals surface area contributed by atoms with E-state index in [9.17, 15) is 24.6 Å². The van der Waals surface area contributed by atoms with Crippen molar-refractivity contribution >= 4 is 29.5 Å². The smallest absolute Gasteiger partial charge is 0.335 e. The summed E-state index contributed by atoms with van der Waals surface area (Å²) in [6, 6.07) is 30.4. The van der Waals surface area contributed by atoms with Crippen LogP contribution in [0.1, 0.15) is 70.7 Å². The summed E-state index contributed by atoms with van der Waals surface area (Å²) < 4.78 is 13.0. The average Bonchev–Trinajstić information content (AvgIpc) is 3.13. The fourth-order valence-electron chi connectivity index (χ4n) is 5.35. The molecule has 1 fully saturated rings. The Bertz CT molecular complexity index is 1680. The van der Waals surface area contributed by atoms with Gasteiger partial charge in [0.1, 0.15) is 0 Å². The van der Waals surface area contributed by atoms with E-state index in [1.807, 2.05) is 72.8 Å². The Balaban J connectivity index is 1.25. The van der Waals surface area contributed by atoms with Crippen LogP contribution >= 0.6 is 11.8 Å². The van der Waals surface area contributed by atoms with Gasteiger partial charge in [-0.3, -0.25) is 14.8 Å². The number of thioether (sulfide) groups is 1. The predicted molar refractivity (Wildman–Crippen MR) is 180 cm³/mol. The Morgan fingerprint density at radius 3 is 2.19 bits per heavy atom. The first-order chi connectivity index (χ1) is 23.3. The molecule has 1 aliphatic rings. The van der Waals surface area contributed by atoms with E-state index in [-0.39, 0.29) is 43.1 Å². The number of carboxylic acids is 1. The summed E-state index contributed by atoms with van der Waals surface area (Å²) in [5.74, 6) is -0.993. The molecule has 250 valence electrons. The van der Waals surface area contributed by atoms with Gasteiger partial charge in [-0.1, -0.05) is 66.7 Å². The zero-order chi connectivity index (χ0) is 33.9. The highest BCUT2D eigenvalue weighted by molar-refractivity contribution is 7.99. The van der Waals surface area contributed by atoms with E-state index < -0.39 is 18.2 Å². The van der Waals surface area contributed by atoms with Crippen LogP contribution in [0.25, 0.3) is 11.1 Å². The van der Waals surface area contributed by atoms with Gasteiger partial charge in [-0.15, -0.1) is 11.8 Å². The van der Waals surface area contributed by atoms with Crippen LogP contribution in [0.5, 0.6) is 0 Å². The SMILES string of the molecule is O=C(CCCC(=O)NCc1cccc(-c2ccc([C@H]3O[C@@H](CSc4ccc(C(=O)O)cc4)C[C@@H](c4ccc(CO)cc4)O3)cc2)c1)NO. The summed E-state index contributed by atoms with van der Waals surface area (Å²) in [7, 11) is 0. The topological polar surface area (TPSA) is 154 Å². The van der Waals surface area contributed by atoms with Crippen LogP contribution in [-0.2, 0) is 32.2 Å². The highest BCUT2D eigenvalue weighted by Crippen LogP contribution is 2.40. The number of carbonyl (C=O) groups is 3. The highest BCUT2D eigenvalue weighted by Gasteiger charge is 2.32. The Labute approximate surface area is 283 Å². The zero-order valence-electron chi connectivity index (χ0n) is 26.2. The minimum Gasteiger partial charge on any atom is -0.478 e. The Morgan fingerprint density at radius 2 is 1.50 bits per heavy atom. The number of hydrogen-bond donors (Lipinski definition) is 5. The van der Waals surface area contributed by atoms with Crippen LogP contribution in [0.2, 0.25) is 0 Å². The van der Waals surface area contributed by atoms with Gasteiger partial charge < -0.3 is 25.0 Å². The van der Waals surface area contributed by atoms with Crippen molar-refractivity contribution in [2.24, 2.45) is 0 Å². The van der Waals surface area contributed by atoms with Crippen LogP contribution in [0.3, 0.4) is 0 Å². The van der Waals surface area contributed by atoms with Gasteiger partial charge in [0, 0.05) is 42.0 Å². The molecule has 0 aromatic heterocycles. The van der Waals surface area contributed by atoms with Crippen LogP contribution in [0.4, 0.5) is 0 Å². The van der Waals surface area contributed by atoms with Crippen molar-refractivity contribution in [3.63, 3.8) is 0 Å². The third kappa shape index (κ3) is 9.75.